The summed E-state index contributed by atoms with van der Waals surface area (Å²) in [7, 11) is 0. The van der Waals surface area contributed by atoms with Gasteiger partial charge in [0.05, 0.1) is 6.57 Å². The first-order valence-electron chi connectivity index (χ1n) is 8.35. The number of nitrogens with zero attached hydrogens (tertiary/aromatic N) is 1. The molecule has 0 bridgehead atoms. The molecular formula is C21H27NO2. The van der Waals surface area contributed by atoms with Crippen LogP contribution >= 0.6 is 0 Å². The monoisotopic (exact) mass is 325 g/mol. The molecule has 0 aliphatic heterocycles. The standard InChI is InChI=1S/C17H15NO2.2C2H6/c1-13(19)12-20-17-9-4-3-7-15(17)10-14-6-5-8-16(11-14)18-2;2*1-2/h3-9,11H,10,12H2,1H3;2*1-2H3. The predicted octanol–water partition coefficient (Wildman–Crippen LogP) is 5.85. The third-order valence-electron chi connectivity index (χ3n) is 2.84. The van der Waals surface area contributed by atoms with Crippen LogP contribution in [0, 0.1) is 6.57 Å². The molecule has 0 aliphatic rings. The van der Waals surface area contributed by atoms with Crippen molar-refractivity contribution in [1.82, 2.24) is 0 Å². The second-order valence-electron chi connectivity index (χ2n) is 4.56. The molecule has 0 heterocycles. The molecule has 0 unspecified atom stereocenters. The molecule has 0 saturated heterocycles. The zero-order chi connectivity index (χ0) is 18.4. The number of hydrogen-bond acceptors (Lipinski definition) is 2. The van der Waals surface area contributed by atoms with E-state index in [0.717, 1.165) is 16.9 Å². The third kappa shape index (κ3) is 7.60. The second kappa shape index (κ2) is 12.9. The van der Waals surface area contributed by atoms with Crippen molar-refractivity contribution in [3.05, 3.63) is 71.1 Å². The maximum Gasteiger partial charge on any atom is 0.187 e. The smallest absolute Gasteiger partial charge is 0.187 e. The van der Waals surface area contributed by atoms with Crippen molar-refractivity contribution in [2.45, 2.75) is 41.0 Å². The summed E-state index contributed by atoms with van der Waals surface area (Å²) in [6, 6.07) is 15.2. The van der Waals surface area contributed by atoms with Crippen LogP contribution in [-0.2, 0) is 11.2 Å². The summed E-state index contributed by atoms with van der Waals surface area (Å²) in [4.78, 5) is 14.4. The molecule has 3 heteroatoms. The van der Waals surface area contributed by atoms with Crippen LogP contribution in [0.5, 0.6) is 5.75 Å². The molecule has 0 spiro atoms. The van der Waals surface area contributed by atoms with E-state index in [9.17, 15) is 4.79 Å². The molecule has 2 rings (SSSR count). The summed E-state index contributed by atoms with van der Waals surface area (Å²) in [5, 5.41) is 0. The van der Waals surface area contributed by atoms with Crippen LogP contribution in [0.25, 0.3) is 4.85 Å². The topological polar surface area (TPSA) is 30.7 Å². The van der Waals surface area contributed by atoms with E-state index in [1.165, 1.54) is 6.92 Å². The Labute approximate surface area is 146 Å². The lowest BCUT2D eigenvalue weighted by molar-refractivity contribution is -0.118. The lowest BCUT2D eigenvalue weighted by atomic mass is 10.0. The molecule has 128 valence electrons. The molecule has 0 N–H and O–H groups in total. The second-order valence-corrected chi connectivity index (χ2v) is 4.56. The molecule has 0 aliphatic carbocycles. The molecular weight excluding hydrogens is 298 g/mol. The normalized spacial score (nSPS) is 8.67. The number of benzene rings is 2. The van der Waals surface area contributed by atoms with Crippen molar-refractivity contribution in [1.29, 1.82) is 0 Å². The van der Waals surface area contributed by atoms with Gasteiger partial charge in [-0.25, -0.2) is 4.85 Å². The largest absolute Gasteiger partial charge is 0.486 e. The highest BCUT2D eigenvalue weighted by Gasteiger charge is 2.05. The molecule has 24 heavy (non-hydrogen) atoms. The lowest BCUT2D eigenvalue weighted by Crippen LogP contribution is -2.08. The summed E-state index contributed by atoms with van der Waals surface area (Å²) < 4.78 is 5.52. The summed E-state index contributed by atoms with van der Waals surface area (Å²) in [6.07, 6.45) is 0.678. The number of ether oxygens (including phenoxy) is 1. The van der Waals surface area contributed by atoms with Crippen LogP contribution in [0.2, 0.25) is 0 Å². The first kappa shape index (κ1) is 21.4. The molecule has 0 aromatic heterocycles. The minimum absolute atomic E-state index is 0.00481. The van der Waals surface area contributed by atoms with Crippen LogP contribution < -0.4 is 4.74 Å². The summed E-state index contributed by atoms with van der Waals surface area (Å²) >= 11 is 0. The number of Topliss-reactive ketones (excluding diaryl/α,β-unsaturated/α-hetero) is 1. The highest BCUT2D eigenvalue weighted by Crippen LogP contribution is 2.23. The number of hydrogen-bond donors (Lipinski definition) is 0. The minimum atomic E-state index is -0.00481. The summed E-state index contributed by atoms with van der Waals surface area (Å²) in [5.74, 6) is 0.714. The quantitative estimate of drug-likeness (QED) is 0.646. The van der Waals surface area contributed by atoms with E-state index in [1.807, 2.05) is 70.2 Å². The average molecular weight is 325 g/mol. The third-order valence-corrected chi connectivity index (χ3v) is 2.84. The van der Waals surface area contributed by atoms with Crippen LogP contribution in [0.3, 0.4) is 0 Å². The van der Waals surface area contributed by atoms with Crippen LogP contribution in [0.4, 0.5) is 5.69 Å². The molecule has 0 amide bonds. The Hall–Kier alpha value is -2.60. The Morgan fingerprint density at radius 2 is 1.71 bits per heavy atom. The van der Waals surface area contributed by atoms with Crippen LogP contribution in [0.1, 0.15) is 45.7 Å². The first-order chi connectivity index (χ1) is 11.7. The van der Waals surface area contributed by atoms with Gasteiger partial charge in [0, 0.05) is 0 Å². The highest BCUT2D eigenvalue weighted by molar-refractivity contribution is 5.77. The van der Waals surface area contributed by atoms with Gasteiger partial charge < -0.3 is 4.74 Å². The van der Waals surface area contributed by atoms with Crippen LogP contribution in [-0.4, -0.2) is 12.4 Å². The van der Waals surface area contributed by atoms with Crippen molar-refractivity contribution in [3.8, 4) is 5.75 Å². The molecule has 0 atom stereocenters. The van der Waals surface area contributed by atoms with Crippen molar-refractivity contribution in [3.63, 3.8) is 0 Å². The number of ketones is 1. The van der Waals surface area contributed by atoms with Crippen molar-refractivity contribution >= 4 is 11.5 Å². The minimum Gasteiger partial charge on any atom is -0.486 e. The zero-order valence-corrected chi connectivity index (χ0v) is 15.3. The van der Waals surface area contributed by atoms with E-state index in [4.69, 9.17) is 11.3 Å². The maximum absolute atomic E-state index is 11.0. The van der Waals surface area contributed by atoms with E-state index in [1.54, 1.807) is 6.07 Å². The number of carbonyl (C=O) groups is 1. The first-order valence-corrected chi connectivity index (χ1v) is 8.35. The van der Waals surface area contributed by atoms with Crippen molar-refractivity contribution in [2.24, 2.45) is 0 Å². The van der Waals surface area contributed by atoms with Gasteiger partial charge in [-0.1, -0.05) is 75.7 Å². The Morgan fingerprint density at radius 1 is 1.04 bits per heavy atom. The molecule has 2 aromatic rings. The van der Waals surface area contributed by atoms with Gasteiger partial charge in [0.25, 0.3) is 0 Å². The number of carbonyl (C=O) groups excluding carboxylic acids is 1. The number of para-hydroxylation sites is 1. The van der Waals surface area contributed by atoms with Gasteiger partial charge in [0.15, 0.2) is 11.5 Å². The fraction of sp³-hybridized carbons (Fsp3) is 0.333. The Kier molecular flexibility index (Phi) is 11.5. The number of rotatable bonds is 5. The average Bonchev–Trinajstić information content (AvgIpc) is 2.64. The Morgan fingerprint density at radius 3 is 2.33 bits per heavy atom. The predicted molar refractivity (Wildman–Crippen MR) is 101 cm³/mol. The molecule has 0 saturated carbocycles. The SMILES string of the molecule is CC.CC.[C-]#[N+]c1cccc(Cc2ccccc2OCC(C)=O)c1. The van der Waals surface area contributed by atoms with E-state index < -0.39 is 0 Å². The molecule has 3 nitrogen and oxygen atoms in total. The molecule has 0 fully saturated rings. The van der Waals surface area contributed by atoms with Crippen molar-refractivity contribution in [2.75, 3.05) is 6.61 Å². The van der Waals surface area contributed by atoms with Gasteiger partial charge in [0.2, 0.25) is 0 Å². The fourth-order valence-electron chi connectivity index (χ4n) is 1.93. The highest BCUT2D eigenvalue weighted by atomic mass is 16.5. The van der Waals surface area contributed by atoms with Gasteiger partial charge in [-0.3, -0.25) is 4.79 Å². The maximum atomic E-state index is 11.0. The van der Waals surface area contributed by atoms with Crippen LogP contribution in [0.15, 0.2) is 48.5 Å². The zero-order valence-electron chi connectivity index (χ0n) is 15.3. The van der Waals surface area contributed by atoms with E-state index in [0.29, 0.717) is 12.1 Å². The van der Waals surface area contributed by atoms with Gasteiger partial charge in [-0.15, -0.1) is 0 Å². The fourth-order valence-corrected chi connectivity index (χ4v) is 1.93. The Bertz CT molecular complexity index is 657. The van der Waals surface area contributed by atoms with Gasteiger partial charge in [0.1, 0.15) is 12.4 Å². The van der Waals surface area contributed by atoms with Gasteiger partial charge in [-0.2, -0.15) is 0 Å². The molecule has 2 aromatic carbocycles. The van der Waals surface area contributed by atoms with Crippen molar-refractivity contribution < 1.29 is 9.53 Å². The molecule has 0 radical (unpaired) electrons. The van der Waals surface area contributed by atoms with E-state index in [2.05, 4.69) is 4.85 Å². The van der Waals surface area contributed by atoms with E-state index in [-0.39, 0.29) is 12.4 Å². The lowest BCUT2D eigenvalue weighted by Gasteiger charge is -2.10. The van der Waals surface area contributed by atoms with Gasteiger partial charge in [-0.05, 0) is 25.0 Å². The summed E-state index contributed by atoms with van der Waals surface area (Å²) in [6.45, 7) is 16.6. The summed E-state index contributed by atoms with van der Waals surface area (Å²) in [5.41, 5.74) is 2.69. The van der Waals surface area contributed by atoms with E-state index >= 15 is 0 Å². The Balaban J connectivity index is 0.00000123. The van der Waals surface area contributed by atoms with Gasteiger partial charge >= 0.3 is 0 Å².